The molecule has 0 aliphatic heterocycles. The van der Waals surface area contributed by atoms with Gasteiger partial charge in [-0.05, 0) is 32.4 Å². The lowest BCUT2D eigenvalue weighted by Gasteiger charge is -2.42. The van der Waals surface area contributed by atoms with Crippen LogP contribution in [0, 0.1) is 12.7 Å². The van der Waals surface area contributed by atoms with Gasteiger partial charge in [0.2, 0.25) is 0 Å². The Labute approximate surface area is 147 Å². The quantitative estimate of drug-likeness (QED) is 0.790. The van der Waals surface area contributed by atoms with Crippen LogP contribution in [0.5, 0.6) is 0 Å². The van der Waals surface area contributed by atoms with Gasteiger partial charge < -0.3 is 15.3 Å². The highest BCUT2D eigenvalue weighted by Gasteiger charge is 2.35. The van der Waals surface area contributed by atoms with Gasteiger partial charge >= 0.3 is 12.0 Å². The smallest absolute Gasteiger partial charge is 0.317 e. The molecule has 2 amide bonds. The Kier molecular flexibility index (Phi) is 6.36. The maximum absolute atomic E-state index is 13.8. The number of carboxylic acid groups (broad SMARTS) is 1. The molecule has 138 valence electrons. The number of hydrogen-bond donors (Lipinski definition) is 2. The highest BCUT2D eigenvalue weighted by atomic mass is 19.1. The lowest BCUT2D eigenvalue weighted by atomic mass is 9.85. The SMILES string of the molecule is CCN(CC(=O)O)C1CC(NC(=O)N(C)Cc2cc(C)ccc2F)C1. The molecule has 0 aromatic heterocycles. The molecule has 1 aliphatic rings. The van der Waals surface area contributed by atoms with Crippen molar-refractivity contribution in [2.45, 2.75) is 45.3 Å². The molecule has 1 fully saturated rings. The van der Waals surface area contributed by atoms with E-state index in [4.69, 9.17) is 5.11 Å². The van der Waals surface area contributed by atoms with Crippen LogP contribution in [-0.4, -0.2) is 59.1 Å². The molecule has 0 unspecified atom stereocenters. The maximum atomic E-state index is 13.8. The first-order chi connectivity index (χ1) is 11.8. The zero-order valence-electron chi connectivity index (χ0n) is 15.0. The van der Waals surface area contributed by atoms with Gasteiger partial charge in [-0.25, -0.2) is 9.18 Å². The molecule has 1 saturated carbocycles. The predicted octanol–water partition coefficient (Wildman–Crippen LogP) is 2.21. The molecule has 0 saturated heterocycles. The molecule has 1 aliphatic carbocycles. The van der Waals surface area contributed by atoms with Crippen LogP contribution >= 0.6 is 0 Å². The Morgan fingerprint density at radius 2 is 2.04 bits per heavy atom. The zero-order valence-corrected chi connectivity index (χ0v) is 15.0. The van der Waals surface area contributed by atoms with E-state index in [1.165, 1.54) is 11.0 Å². The minimum Gasteiger partial charge on any atom is -0.480 e. The molecule has 0 radical (unpaired) electrons. The zero-order chi connectivity index (χ0) is 18.6. The number of aryl methyl sites for hydroxylation is 1. The number of carboxylic acids is 1. The van der Waals surface area contributed by atoms with Crippen LogP contribution in [0.3, 0.4) is 0 Å². The largest absolute Gasteiger partial charge is 0.480 e. The Hall–Kier alpha value is -2.15. The van der Waals surface area contributed by atoms with Crippen molar-refractivity contribution in [3.63, 3.8) is 0 Å². The van der Waals surface area contributed by atoms with E-state index in [2.05, 4.69) is 5.32 Å². The van der Waals surface area contributed by atoms with E-state index in [9.17, 15) is 14.0 Å². The van der Waals surface area contributed by atoms with Crippen LogP contribution in [0.15, 0.2) is 18.2 Å². The molecule has 0 spiro atoms. The van der Waals surface area contributed by atoms with Gasteiger partial charge in [0.15, 0.2) is 0 Å². The summed E-state index contributed by atoms with van der Waals surface area (Å²) in [5.74, 6) is -1.16. The summed E-state index contributed by atoms with van der Waals surface area (Å²) >= 11 is 0. The van der Waals surface area contributed by atoms with Crippen molar-refractivity contribution >= 4 is 12.0 Å². The third-order valence-electron chi connectivity index (χ3n) is 4.66. The first kappa shape index (κ1) is 19.2. The number of rotatable bonds is 7. The standard InChI is InChI=1S/C18H26FN3O3/c1-4-22(11-17(23)24)15-8-14(9-15)20-18(25)21(3)10-13-7-12(2)5-6-16(13)19/h5-7,14-15H,4,8-11H2,1-3H3,(H,20,25)(H,23,24). The summed E-state index contributed by atoms with van der Waals surface area (Å²) < 4.78 is 13.8. The number of aliphatic carboxylic acids is 1. The number of urea groups is 1. The lowest BCUT2D eigenvalue weighted by Crippen LogP contribution is -2.56. The highest BCUT2D eigenvalue weighted by molar-refractivity contribution is 5.74. The van der Waals surface area contributed by atoms with E-state index >= 15 is 0 Å². The second-order valence-corrected chi connectivity index (χ2v) is 6.68. The Bertz CT molecular complexity index is 632. The average Bonchev–Trinajstić information content (AvgIpc) is 2.51. The lowest BCUT2D eigenvalue weighted by molar-refractivity contribution is -0.139. The molecule has 0 atom stereocenters. The van der Waals surface area contributed by atoms with Gasteiger partial charge in [-0.1, -0.05) is 24.6 Å². The second-order valence-electron chi connectivity index (χ2n) is 6.68. The van der Waals surface area contributed by atoms with Crippen LogP contribution in [0.2, 0.25) is 0 Å². The van der Waals surface area contributed by atoms with Crippen LogP contribution in [-0.2, 0) is 11.3 Å². The van der Waals surface area contributed by atoms with E-state index < -0.39 is 5.97 Å². The number of benzene rings is 1. The number of carbonyl (C=O) groups is 2. The number of nitrogens with one attached hydrogen (secondary N) is 1. The number of halogens is 1. The highest BCUT2D eigenvalue weighted by Crippen LogP contribution is 2.25. The molecule has 2 rings (SSSR count). The van der Waals surface area contributed by atoms with Crippen molar-refractivity contribution < 1.29 is 19.1 Å². The number of nitrogens with zero attached hydrogens (tertiary/aromatic N) is 2. The van der Waals surface area contributed by atoms with Crippen molar-refractivity contribution in [3.05, 3.63) is 35.1 Å². The summed E-state index contributed by atoms with van der Waals surface area (Å²) in [7, 11) is 1.63. The second kappa shape index (κ2) is 8.29. The third-order valence-corrected chi connectivity index (χ3v) is 4.66. The summed E-state index contributed by atoms with van der Waals surface area (Å²) in [5, 5.41) is 11.8. The van der Waals surface area contributed by atoms with Crippen LogP contribution in [0.25, 0.3) is 0 Å². The first-order valence-electron chi connectivity index (χ1n) is 8.52. The van der Waals surface area contributed by atoms with Crippen LogP contribution in [0.4, 0.5) is 9.18 Å². The van der Waals surface area contributed by atoms with E-state index in [1.807, 2.05) is 18.7 Å². The molecule has 1 aromatic rings. The fourth-order valence-corrected chi connectivity index (χ4v) is 3.11. The molecule has 0 heterocycles. The minimum atomic E-state index is -0.839. The summed E-state index contributed by atoms with van der Waals surface area (Å²) in [6.07, 6.45) is 1.47. The van der Waals surface area contributed by atoms with Crippen LogP contribution < -0.4 is 5.32 Å². The van der Waals surface area contributed by atoms with Gasteiger partial charge in [0.05, 0.1) is 6.54 Å². The fraction of sp³-hybridized carbons (Fsp3) is 0.556. The van der Waals surface area contributed by atoms with E-state index in [1.54, 1.807) is 19.2 Å². The maximum Gasteiger partial charge on any atom is 0.317 e. The fourth-order valence-electron chi connectivity index (χ4n) is 3.11. The molecule has 25 heavy (non-hydrogen) atoms. The van der Waals surface area contributed by atoms with Gasteiger partial charge in [-0.3, -0.25) is 9.69 Å². The Morgan fingerprint density at radius 3 is 2.64 bits per heavy atom. The number of carbonyl (C=O) groups excluding carboxylic acids is 1. The van der Waals surface area contributed by atoms with E-state index in [-0.39, 0.29) is 37.0 Å². The topological polar surface area (TPSA) is 72.9 Å². The summed E-state index contributed by atoms with van der Waals surface area (Å²) in [4.78, 5) is 26.5. The number of likely N-dealkylation sites (N-methyl/N-ethyl adjacent to an activating group) is 1. The van der Waals surface area contributed by atoms with Gasteiger partial charge in [-0.2, -0.15) is 0 Å². The summed E-state index contributed by atoms with van der Waals surface area (Å²) in [5.41, 5.74) is 1.44. The number of amides is 2. The van der Waals surface area contributed by atoms with Crippen molar-refractivity contribution in [2.24, 2.45) is 0 Å². The molecule has 2 N–H and O–H groups in total. The first-order valence-corrected chi connectivity index (χ1v) is 8.52. The van der Waals surface area contributed by atoms with Crippen molar-refractivity contribution in [1.29, 1.82) is 0 Å². The average molecular weight is 351 g/mol. The third kappa shape index (κ3) is 5.16. The van der Waals surface area contributed by atoms with E-state index in [0.717, 1.165) is 18.4 Å². The van der Waals surface area contributed by atoms with Crippen molar-refractivity contribution in [2.75, 3.05) is 20.1 Å². The molecule has 7 heteroatoms. The van der Waals surface area contributed by atoms with Crippen molar-refractivity contribution in [3.8, 4) is 0 Å². The molecule has 0 bridgehead atoms. The normalized spacial score (nSPS) is 19.4. The summed E-state index contributed by atoms with van der Waals surface area (Å²) in [6.45, 7) is 4.71. The molecular weight excluding hydrogens is 325 g/mol. The Morgan fingerprint density at radius 1 is 1.36 bits per heavy atom. The van der Waals surface area contributed by atoms with Crippen LogP contribution in [0.1, 0.15) is 30.9 Å². The summed E-state index contributed by atoms with van der Waals surface area (Å²) in [6, 6.07) is 4.82. The molecular formula is C18H26FN3O3. The van der Waals surface area contributed by atoms with E-state index in [0.29, 0.717) is 12.1 Å². The molecule has 1 aromatic carbocycles. The minimum absolute atomic E-state index is 0.0222. The van der Waals surface area contributed by atoms with Gasteiger partial charge in [0.1, 0.15) is 5.82 Å². The van der Waals surface area contributed by atoms with Gasteiger partial charge in [0, 0.05) is 31.2 Å². The van der Waals surface area contributed by atoms with Crippen molar-refractivity contribution in [1.82, 2.24) is 15.1 Å². The Balaban J connectivity index is 1.81. The predicted molar refractivity (Wildman–Crippen MR) is 92.8 cm³/mol. The van der Waals surface area contributed by atoms with Gasteiger partial charge in [0.25, 0.3) is 0 Å². The number of hydrogen-bond acceptors (Lipinski definition) is 3. The molecule has 6 nitrogen and oxygen atoms in total. The van der Waals surface area contributed by atoms with Gasteiger partial charge in [-0.15, -0.1) is 0 Å². The monoisotopic (exact) mass is 351 g/mol.